The topological polar surface area (TPSA) is 73.4 Å². The molecule has 4 rings (SSSR count). The van der Waals surface area contributed by atoms with E-state index in [9.17, 15) is 10.1 Å². The molecule has 0 amide bonds. The van der Waals surface area contributed by atoms with Crippen LogP contribution in [0.2, 0.25) is 0 Å². The predicted molar refractivity (Wildman–Crippen MR) is 99.7 cm³/mol. The van der Waals surface area contributed by atoms with Gasteiger partial charge in [0, 0.05) is 31.4 Å². The summed E-state index contributed by atoms with van der Waals surface area (Å²) in [7, 11) is 0. The number of imidazole rings is 1. The molecule has 0 bridgehead atoms. The van der Waals surface area contributed by atoms with Crippen molar-refractivity contribution in [2.24, 2.45) is 0 Å². The second kappa shape index (κ2) is 6.76. The fourth-order valence-corrected chi connectivity index (χ4v) is 3.42. The molecule has 1 aliphatic rings. The largest absolute Gasteiger partial charge is 0.378 e. The Morgan fingerprint density at radius 1 is 1.19 bits per heavy atom. The van der Waals surface area contributed by atoms with Crippen molar-refractivity contribution in [1.29, 1.82) is 0 Å². The van der Waals surface area contributed by atoms with Crippen LogP contribution >= 0.6 is 0 Å². The normalized spacial score (nSPS) is 14.7. The second-order valence-corrected chi connectivity index (χ2v) is 6.42. The van der Waals surface area contributed by atoms with E-state index in [0.29, 0.717) is 25.3 Å². The lowest BCUT2D eigenvalue weighted by Crippen LogP contribution is -2.36. The van der Waals surface area contributed by atoms with Crippen LogP contribution in [0.4, 0.5) is 11.4 Å². The number of nitro benzene ring substituents is 1. The van der Waals surface area contributed by atoms with Gasteiger partial charge in [-0.2, -0.15) is 0 Å². The maximum absolute atomic E-state index is 11.6. The molecule has 7 nitrogen and oxygen atoms in total. The summed E-state index contributed by atoms with van der Waals surface area (Å²) in [5.74, 6) is 0.770. The molecule has 1 saturated heterocycles. The standard InChI is InChI=1S/C19H20N4O3/c1-14-20-19-17(22(14)13-15-5-3-2-4-6-15)11-16(12-18(19)23(24)25)21-7-9-26-10-8-21/h2-6,11-12H,7-10,13H2,1H3. The van der Waals surface area contributed by atoms with Gasteiger partial charge in [-0.05, 0) is 18.6 Å². The highest BCUT2D eigenvalue weighted by atomic mass is 16.6. The van der Waals surface area contributed by atoms with Crippen molar-refractivity contribution in [3.8, 4) is 0 Å². The Labute approximate surface area is 151 Å². The minimum absolute atomic E-state index is 0.0545. The Kier molecular flexibility index (Phi) is 4.30. The molecule has 134 valence electrons. The van der Waals surface area contributed by atoms with Crippen molar-refractivity contribution in [2.45, 2.75) is 13.5 Å². The average Bonchev–Trinajstić information content (AvgIpc) is 2.98. The number of nitro groups is 1. The van der Waals surface area contributed by atoms with E-state index in [2.05, 4.69) is 9.88 Å². The molecular formula is C19H20N4O3. The fraction of sp³-hybridized carbons (Fsp3) is 0.316. The number of rotatable bonds is 4. The third kappa shape index (κ3) is 3.01. The Hall–Kier alpha value is -2.93. The molecule has 1 fully saturated rings. The van der Waals surface area contributed by atoms with Gasteiger partial charge in [-0.15, -0.1) is 0 Å². The molecule has 0 aliphatic carbocycles. The summed E-state index contributed by atoms with van der Waals surface area (Å²) < 4.78 is 7.44. The van der Waals surface area contributed by atoms with Gasteiger partial charge in [0.15, 0.2) is 5.52 Å². The molecule has 7 heteroatoms. The number of ether oxygens (including phenoxy) is 1. The van der Waals surface area contributed by atoms with Crippen molar-refractivity contribution in [2.75, 3.05) is 31.2 Å². The Morgan fingerprint density at radius 3 is 2.62 bits per heavy atom. The van der Waals surface area contributed by atoms with Gasteiger partial charge in [-0.1, -0.05) is 30.3 Å². The smallest absolute Gasteiger partial charge is 0.299 e. The van der Waals surface area contributed by atoms with E-state index in [1.54, 1.807) is 6.07 Å². The first-order valence-corrected chi connectivity index (χ1v) is 8.65. The summed E-state index contributed by atoms with van der Waals surface area (Å²) in [6.07, 6.45) is 0. The first-order valence-electron chi connectivity index (χ1n) is 8.65. The number of non-ortho nitro benzene ring substituents is 1. The quantitative estimate of drug-likeness (QED) is 0.533. The third-order valence-electron chi connectivity index (χ3n) is 4.77. The van der Waals surface area contributed by atoms with E-state index >= 15 is 0 Å². The molecule has 2 aromatic carbocycles. The first-order chi connectivity index (χ1) is 12.6. The Balaban J connectivity index is 1.85. The number of aromatic nitrogens is 2. The zero-order valence-corrected chi connectivity index (χ0v) is 14.6. The molecule has 0 saturated carbocycles. The maximum Gasteiger partial charge on any atom is 0.299 e. The van der Waals surface area contributed by atoms with Crippen LogP contribution < -0.4 is 4.90 Å². The average molecular weight is 352 g/mol. The lowest BCUT2D eigenvalue weighted by atomic mass is 10.2. The van der Waals surface area contributed by atoms with Crippen LogP contribution in [-0.2, 0) is 11.3 Å². The fourth-order valence-electron chi connectivity index (χ4n) is 3.42. The molecule has 0 atom stereocenters. The van der Waals surface area contributed by atoms with Crippen molar-refractivity contribution in [1.82, 2.24) is 9.55 Å². The van der Waals surface area contributed by atoms with E-state index in [4.69, 9.17) is 4.74 Å². The number of morpholine rings is 1. The predicted octanol–water partition coefficient (Wildman–Crippen LogP) is 3.14. The number of hydrogen-bond acceptors (Lipinski definition) is 5. The van der Waals surface area contributed by atoms with Gasteiger partial charge in [-0.3, -0.25) is 10.1 Å². The van der Waals surface area contributed by atoms with Gasteiger partial charge in [0.05, 0.1) is 23.7 Å². The summed E-state index contributed by atoms with van der Waals surface area (Å²) in [6.45, 7) is 5.25. The van der Waals surface area contributed by atoms with Gasteiger partial charge in [0.1, 0.15) is 5.82 Å². The van der Waals surface area contributed by atoms with E-state index in [1.165, 1.54) is 0 Å². The number of anilines is 1. The summed E-state index contributed by atoms with van der Waals surface area (Å²) in [4.78, 5) is 17.9. The van der Waals surface area contributed by atoms with Crippen LogP contribution in [0.1, 0.15) is 11.4 Å². The molecule has 0 unspecified atom stereocenters. The van der Waals surface area contributed by atoms with E-state index in [1.807, 2.05) is 47.9 Å². The minimum atomic E-state index is -0.342. The molecule has 3 aromatic rings. The number of benzene rings is 2. The van der Waals surface area contributed by atoms with Crippen LogP contribution in [0.5, 0.6) is 0 Å². The molecular weight excluding hydrogens is 332 g/mol. The van der Waals surface area contributed by atoms with Gasteiger partial charge in [0.25, 0.3) is 5.69 Å². The highest BCUT2D eigenvalue weighted by Gasteiger charge is 2.23. The highest BCUT2D eigenvalue weighted by Crippen LogP contribution is 2.32. The van der Waals surface area contributed by atoms with Crippen molar-refractivity contribution >= 4 is 22.4 Å². The minimum Gasteiger partial charge on any atom is -0.378 e. The lowest BCUT2D eigenvalue weighted by molar-refractivity contribution is -0.383. The van der Waals surface area contributed by atoms with Crippen LogP contribution in [0, 0.1) is 17.0 Å². The summed E-state index contributed by atoms with van der Waals surface area (Å²) in [5, 5.41) is 11.6. The van der Waals surface area contributed by atoms with Crippen LogP contribution in [0.3, 0.4) is 0 Å². The number of fused-ring (bicyclic) bond motifs is 1. The van der Waals surface area contributed by atoms with Crippen molar-refractivity contribution < 1.29 is 9.66 Å². The van der Waals surface area contributed by atoms with Crippen molar-refractivity contribution in [3.05, 3.63) is 64.0 Å². The van der Waals surface area contributed by atoms with Gasteiger partial charge in [0.2, 0.25) is 0 Å². The number of aryl methyl sites for hydroxylation is 1. The monoisotopic (exact) mass is 352 g/mol. The molecule has 0 spiro atoms. The van der Waals surface area contributed by atoms with Gasteiger partial charge >= 0.3 is 0 Å². The van der Waals surface area contributed by atoms with E-state index in [0.717, 1.165) is 35.7 Å². The maximum atomic E-state index is 11.6. The first kappa shape index (κ1) is 16.5. The van der Waals surface area contributed by atoms with Gasteiger partial charge in [-0.25, -0.2) is 4.98 Å². The number of nitrogens with zero attached hydrogens (tertiary/aromatic N) is 4. The van der Waals surface area contributed by atoms with Crippen LogP contribution in [0.15, 0.2) is 42.5 Å². The van der Waals surface area contributed by atoms with Crippen molar-refractivity contribution in [3.63, 3.8) is 0 Å². The van der Waals surface area contributed by atoms with Crippen LogP contribution in [0.25, 0.3) is 11.0 Å². The Bertz CT molecular complexity index is 946. The summed E-state index contributed by atoms with van der Waals surface area (Å²) in [5.41, 5.74) is 3.28. The summed E-state index contributed by atoms with van der Waals surface area (Å²) in [6, 6.07) is 13.7. The second-order valence-electron chi connectivity index (χ2n) is 6.42. The molecule has 0 radical (unpaired) electrons. The molecule has 0 N–H and O–H groups in total. The van der Waals surface area contributed by atoms with E-state index < -0.39 is 0 Å². The highest BCUT2D eigenvalue weighted by molar-refractivity contribution is 5.89. The lowest BCUT2D eigenvalue weighted by Gasteiger charge is -2.28. The zero-order valence-electron chi connectivity index (χ0n) is 14.6. The number of hydrogen-bond donors (Lipinski definition) is 0. The molecule has 26 heavy (non-hydrogen) atoms. The van der Waals surface area contributed by atoms with Crippen LogP contribution in [-0.4, -0.2) is 40.8 Å². The molecule has 2 heterocycles. The molecule has 1 aliphatic heterocycles. The van der Waals surface area contributed by atoms with E-state index in [-0.39, 0.29) is 10.6 Å². The third-order valence-corrected chi connectivity index (χ3v) is 4.77. The summed E-state index contributed by atoms with van der Waals surface area (Å²) >= 11 is 0. The SMILES string of the molecule is Cc1nc2c([N+](=O)[O-])cc(N3CCOCC3)cc2n1Cc1ccccc1. The zero-order chi connectivity index (χ0) is 18.1. The molecule has 1 aromatic heterocycles. The van der Waals surface area contributed by atoms with Gasteiger partial charge < -0.3 is 14.2 Å². The Morgan fingerprint density at radius 2 is 1.92 bits per heavy atom.